The van der Waals surface area contributed by atoms with E-state index in [-0.39, 0.29) is 12.5 Å². The summed E-state index contributed by atoms with van der Waals surface area (Å²) in [5.74, 6) is 0.555. The van der Waals surface area contributed by atoms with Gasteiger partial charge in [0, 0.05) is 6.42 Å². The van der Waals surface area contributed by atoms with E-state index in [4.69, 9.17) is 10.4 Å². The summed E-state index contributed by atoms with van der Waals surface area (Å²) in [5.41, 5.74) is 1.33. The second kappa shape index (κ2) is 4.06. The minimum absolute atomic E-state index is 0.0889. The molecule has 0 spiro atoms. The van der Waals surface area contributed by atoms with Crippen molar-refractivity contribution in [3.63, 3.8) is 0 Å². The van der Waals surface area contributed by atoms with Crippen LogP contribution in [-0.4, -0.2) is 15.1 Å². The summed E-state index contributed by atoms with van der Waals surface area (Å²) in [6.07, 6.45) is 0.783. The van der Waals surface area contributed by atoms with Gasteiger partial charge in [0.25, 0.3) is 0 Å². The Kier molecular flexibility index (Phi) is 3.04. The number of aromatic amines is 1. The average molecular weight is 179 g/mol. The van der Waals surface area contributed by atoms with Crippen molar-refractivity contribution in [3.05, 3.63) is 17.2 Å². The minimum atomic E-state index is -0.265. The molecule has 2 N–H and O–H groups in total. The van der Waals surface area contributed by atoms with Crippen LogP contribution in [0, 0.1) is 11.3 Å². The van der Waals surface area contributed by atoms with Gasteiger partial charge in [0.2, 0.25) is 0 Å². The van der Waals surface area contributed by atoms with Crippen molar-refractivity contribution in [3.8, 4) is 6.07 Å². The van der Waals surface area contributed by atoms with E-state index in [1.807, 2.05) is 6.92 Å². The zero-order valence-electron chi connectivity index (χ0n) is 7.83. The molecule has 0 radical (unpaired) electrons. The summed E-state index contributed by atoms with van der Waals surface area (Å²) >= 11 is 0. The number of H-pyrrole nitrogens is 1. The number of aromatic nitrogens is 2. The van der Waals surface area contributed by atoms with Gasteiger partial charge in [-0.05, 0) is 6.92 Å². The Morgan fingerprint density at radius 1 is 1.69 bits per heavy atom. The van der Waals surface area contributed by atoms with Crippen LogP contribution in [0.1, 0.15) is 37.0 Å². The molecule has 1 aromatic rings. The van der Waals surface area contributed by atoms with Gasteiger partial charge in [-0.3, -0.25) is 0 Å². The maximum absolute atomic E-state index is 8.99. The van der Waals surface area contributed by atoms with Crippen LogP contribution in [0.4, 0.5) is 0 Å². The van der Waals surface area contributed by atoms with E-state index in [9.17, 15) is 0 Å². The zero-order valence-corrected chi connectivity index (χ0v) is 7.83. The zero-order chi connectivity index (χ0) is 9.84. The number of hydrogen-bond acceptors (Lipinski definition) is 3. The number of rotatable bonds is 3. The Labute approximate surface area is 77.2 Å². The first-order valence-electron chi connectivity index (χ1n) is 4.31. The van der Waals surface area contributed by atoms with Gasteiger partial charge in [0.15, 0.2) is 0 Å². The summed E-state index contributed by atoms with van der Waals surface area (Å²) in [4.78, 5) is 7.22. The SMILES string of the molecule is CCc1nc(C(C)C#N)c(CO)[nH]1. The molecule has 1 heterocycles. The Hall–Kier alpha value is -1.34. The van der Waals surface area contributed by atoms with Crippen LogP contribution in [0.5, 0.6) is 0 Å². The highest BCUT2D eigenvalue weighted by molar-refractivity contribution is 5.22. The van der Waals surface area contributed by atoms with Gasteiger partial charge in [-0.25, -0.2) is 4.98 Å². The largest absolute Gasteiger partial charge is 0.390 e. The first kappa shape index (κ1) is 9.75. The van der Waals surface area contributed by atoms with Crippen molar-refractivity contribution in [1.82, 2.24) is 9.97 Å². The quantitative estimate of drug-likeness (QED) is 0.729. The summed E-state index contributed by atoms with van der Waals surface area (Å²) < 4.78 is 0. The van der Waals surface area contributed by atoms with Crippen LogP contribution < -0.4 is 0 Å². The lowest BCUT2D eigenvalue weighted by Crippen LogP contribution is -1.96. The molecule has 0 fully saturated rings. The second-order valence-corrected chi connectivity index (χ2v) is 2.91. The average Bonchev–Trinajstić information content (AvgIpc) is 2.59. The third kappa shape index (κ3) is 1.87. The predicted octanol–water partition coefficient (Wildman–Crippen LogP) is 1.09. The van der Waals surface area contributed by atoms with Crippen molar-refractivity contribution < 1.29 is 5.11 Å². The lowest BCUT2D eigenvalue weighted by atomic mass is 10.1. The fraction of sp³-hybridized carbons (Fsp3) is 0.556. The third-order valence-corrected chi connectivity index (χ3v) is 1.96. The highest BCUT2D eigenvalue weighted by Gasteiger charge is 2.14. The van der Waals surface area contributed by atoms with Crippen LogP contribution in [0.15, 0.2) is 0 Å². The lowest BCUT2D eigenvalue weighted by molar-refractivity contribution is 0.276. The van der Waals surface area contributed by atoms with Gasteiger partial charge in [0.05, 0.1) is 30.0 Å². The summed E-state index contributed by atoms with van der Waals surface area (Å²) in [6, 6.07) is 2.10. The van der Waals surface area contributed by atoms with E-state index >= 15 is 0 Å². The molecule has 1 aromatic heterocycles. The van der Waals surface area contributed by atoms with Gasteiger partial charge < -0.3 is 10.1 Å². The number of imidazole rings is 1. The molecule has 0 bridgehead atoms. The Morgan fingerprint density at radius 2 is 2.38 bits per heavy atom. The van der Waals surface area contributed by atoms with Gasteiger partial charge in [-0.15, -0.1) is 0 Å². The number of aryl methyl sites for hydroxylation is 1. The first-order valence-corrected chi connectivity index (χ1v) is 4.31. The van der Waals surface area contributed by atoms with Crippen LogP contribution in [-0.2, 0) is 13.0 Å². The molecule has 4 nitrogen and oxygen atoms in total. The molecule has 0 saturated carbocycles. The fourth-order valence-corrected chi connectivity index (χ4v) is 1.19. The standard InChI is InChI=1S/C9H13N3O/c1-3-8-11-7(5-13)9(12-8)6(2)4-10/h6,13H,3,5H2,1-2H3,(H,11,12). The molecular formula is C9H13N3O. The van der Waals surface area contributed by atoms with Crippen molar-refractivity contribution >= 4 is 0 Å². The molecule has 0 aliphatic rings. The molecule has 1 atom stereocenters. The number of nitrogens with one attached hydrogen (secondary N) is 1. The summed E-state index contributed by atoms with van der Waals surface area (Å²) in [7, 11) is 0. The van der Waals surface area contributed by atoms with Crippen LogP contribution >= 0.6 is 0 Å². The number of aliphatic hydroxyl groups is 1. The predicted molar refractivity (Wildman–Crippen MR) is 47.9 cm³/mol. The highest BCUT2D eigenvalue weighted by Crippen LogP contribution is 2.17. The number of nitriles is 1. The molecule has 13 heavy (non-hydrogen) atoms. The van der Waals surface area contributed by atoms with Crippen molar-refractivity contribution in [2.45, 2.75) is 32.8 Å². The van der Waals surface area contributed by atoms with Gasteiger partial charge >= 0.3 is 0 Å². The number of hydrogen-bond donors (Lipinski definition) is 2. The van der Waals surface area contributed by atoms with E-state index in [2.05, 4.69) is 16.0 Å². The molecule has 0 aromatic carbocycles. The van der Waals surface area contributed by atoms with Crippen LogP contribution in [0.25, 0.3) is 0 Å². The summed E-state index contributed by atoms with van der Waals surface area (Å²) in [6.45, 7) is 3.66. The molecule has 0 amide bonds. The maximum Gasteiger partial charge on any atom is 0.106 e. The van der Waals surface area contributed by atoms with E-state index in [1.54, 1.807) is 6.92 Å². The van der Waals surface area contributed by atoms with Crippen molar-refractivity contribution in [1.29, 1.82) is 5.26 Å². The molecule has 0 aliphatic heterocycles. The van der Waals surface area contributed by atoms with Gasteiger partial charge in [-0.2, -0.15) is 5.26 Å². The summed E-state index contributed by atoms with van der Waals surface area (Å²) in [5, 5.41) is 17.7. The molecule has 1 rings (SSSR count). The molecule has 0 aliphatic carbocycles. The third-order valence-electron chi connectivity index (χ3n) is 1.96. The number of nitrogens with zero attached hydrogens (tertiary/aromatic N) is 2. The smallest absolute Gasteiger partial charge is 0.106 e. The fourth-order valence-electron chi connectivity index (χ4n) is 1.19. The monoisotopic (exact) mass is 179 g/mol. The van der Waals surface area contributed by atoms with Crippen molar-refractivity contribution in [2.75, 3.05) is 0 Å². The first-order chi connectivity index (χ1) is 6.22. The lowest BCUT2D eigenvalue weighted by Gasteiger charge is -1.98. The number of aliphatic hydroxyl groups excluding tert-OH is 1. The van der Waals surface area contributed by atoms with E-state index in [0.717, 1.165) is 12.2 Å². The molecule has 4 heteroatoms. The van der Waals surface area contributed by atoms with E-state index < -0.39 is 0 Å². The van der Waals surface area contributed by atoms with E-state index in [0.29, 0.717) is 11.4 Å². The van der Waals surface area contributed by atoms with Crippen LogP contribution in [0.2, 0.25) is 0 Å². The van der Waals surface area contributed by atoms with Crippen LogP contribution in [0.3, 0.4) is 0 Å². The second-order valence-electron chi connectivity index (χ2n) is 2.91. The Morgan fingerprint density at radius 3 is 2.85 bits per heavy atom. The minimum Gasteiger partial charge on any atom is -0.390 e. The van der Waals surface area contributed by atoms with Crippen molar-refractivity contribution in [2.24, 2.45) is 0 Å². The Balaban J connectivity index is 3.05. The van der Waals surface area contributed by atoms with E-state index in [1.165, 1.54) is 0 Å². The normalized spacial score (nSPS) is 12.5. The maximum atomic E-state index is 8.99. The van der Waals surface area contributed by atoms with Gasteiger partial charge in [0.1, 0.15) is 5.82 Å². The molecular weight excluding hydrogens is 166 g/mol. The highest BCUT2D eigenvalue weighted by atomic mass is 16.3. The topological polar surface area (TPSA) is 72.7 Å². The molecule has 70 valence electrons. The Bertz CT molecular complexity index is 324. The molecule has 0 saturated heterocycles. The molecule has 1 unspecified atom stereocenters. The van der Waals surface area contributed by atoms with Gasteiger partial charge in [-0.1, -0.05) is 6.92 Å².